The van der Waals surface area contributed by atoms with Gasteiger partial charge in [0.05, 0.1) is 6.61 Å². The van der Waals surface area contributed by atoms with Gasteiger partial charge in [-0.2, -0.15) is 0 Å². The van der Waals surface area contributed by atoms with Gasteiger partial charge in [-0.1, -0.05) is 91.7 Å². The molecular formula is C31H37ClN2O3. The summed E-state index contributed by atoms with van der Waals surface area (Å²) in [5.74, 6) is 0.816. The zero-order valence-electron chi connectivity index (χ0n) is 22.0. The summed E-state index contributed by atoms with van der Waals surface area (Å²) in [7, 11) is 0. The van der Waals surface area contributed by atoms with Gasteiger partial charge >= 0.3 is 0 Å². The second kappa shape index (κ2) is 14.4. The molecule has 5 nitrogen and oxygen atoms in total. The Morgan fingerprint density at radius 1 is 0.946 bits per heavy atom. The summed E-state index contributed by atoms with van der Waals surface area (Å²) in [5, 5.41) is 3.61. The van der Waals surface area contributed by atoms with Gasteiger partial charge in [0.1, 0.15) is 11.8 Å². The number of carbonyl (C=O) groups is 2. The molecule has 2 amide bonds. The highest BCUT2D eigenvalue weighted by molar-refractivity contribution is 6.31. The Balaban J connectivity index is 1.79. The van der Waals surface area contributed by atoms with Crippen molar-refractivity contribution in [3.63, 3.8) is 0 Å². The molecule has 0 aliphatic carbocycles. The minimum absolute atomic E-state index is 0.104. The summed E-state index contributed by atoms with van der Waals surface area (Å²) in [6, 6.07) is 24.4. The molecule has 0 bridgehead atoms. The predicted octanol–water partition coefficient (Wildman–Crippen LogP) is 6.22. The van der Waals surface area contributed by atoms with Crippen molar-refractivity contribution in [1.82, 2.24) is 10.2 Å². The molecule has 0 radical (unpaired) electrons. The van der Waals surface area contributed by atoms with E-state index in [1.54, 1.807) is 11.0 Å². The lowest BCUT2D eigenvalue weighted by atomic mass is 10.0. The standard InChI is InChI=1S/C31H37ClN2O3/c1-23(2)21-33-31(36)29(20-25-10-5-4-6-11-25)34(22-26-12-7-8-13-28(26)32)30(35)14-9-19-37-27-17-15-24(3)16-18-27/h4-8,10-13,15-18,23,29H,9,14,19-22H2,1-3H3,(H,33,36)/t29-/m0/s1. The minimum atomic E-state index is -0.664. The van der Waals surface area contributed by atoms with Crippen LogP contribution in [0.2, 0.25) is 5.02 Å². The maximum absolute atomic E-state index is 13.6. The molecule has 0 aliphatic rings. The van der Waals surface area contributed by atoms with Gasteiger partial charge in [-0.15, -0.1) is 0 Å². The predicted molar refractivity (Wildman–Crippen MR) is 150 cm³/mol. The second-order valence-corrected chi connectivity index (χ2v) is 10.1. The van der Waals surface area contributed by atoms with Crippen molar-refractivity contribution < 1.29 is 14.3 Å². The number of nitrogens with zero attached hydrogens (tertiary/aromatic N) is 1. The van der Waals surface area contributed by atoms with Crippen LogP contribution in [0.25, 0.3) is 0 Å². The maximum atomic E-state index is 13.6. The average Bonchev–Trinajstić information content (AvgIpc) is 2.89. The van der Waals surface area contributed by atoms with Crippen molar-refractivity contribution in [2.24, 2.45) is 5.92 Å². The first-order chi connectivity index (χ1) is 17.8. The van der Waals surface area contributed by atoms with Crippen LogP contribution in [0.4, 0.5) is 0 Å². The van der Waals surface area contributed by atoms with Crippen molar-refractivity contribution in [3.8, 4) is 5.75 Å². The molecule has 0 unspecified atom stereocenters. The van der Waals surface area contributed by atoms with E-state index in [-0.39, 0.29) is 24.8 Å². The van der Waals surface area contributed by atoms with Crippen LogP contribution < -0.4 is 10.1 Å². The van der Waals surface area contributed by atoms with Crippen molar-refractivity contribution in [1.29, 1.82) is 0 Å². The topological polar surface area (TPSA) is 58.6 Å². The zero-order chi connectivity index (χ0) is 26.6. The van der Waals surface area contributed by atoms with Gasteiger partial charge < -0.3 is 15.0 Å². The van der Waals surface area contributed by atoms with E-state index in [0.717, 1.165) is 22.4 Å². The Bertz CT molecular complexity index is 1130. The Labute approximate surface area is 225 Å². The lowest BCUT2D eigenvalue weighted by Crippen LogP contribution is -2.51. The van der Waals surface area contributed by atoms with E-state index in [2.05, 4.69) is 5.32 Å². The number of rotatable bonds is 13. The SMILES string of the molecule is Cc1ccc(OCCCC(=O)N(Cc2ccccc2Cl)[C@@H](Cc2ccccc2)C(=O)NCC(C)C)cc1. The third-order valence-corrected chi connectivity index (χ3v) is 6.45. The number of benzene rings is 3. The molecule has 37 heavy (non-hydrogen) atoms. The van der Waals surface area contributed by atoms with E-state index in [4.69, 9.17) is 16.3 Å². The molecule has 0 heterocycles. The summed E-state index contributed by atoms with van der Waals surface area (Å²) in [5.41, 5.74) is 2.97. The number of aryl methyl sites for hydroxylation is 1. The number of nitrogens with one attached hydrogen (secondary N) is 1. The van der Waals surface area contributed by atoms with Crippen molar-refractivity contribution >= 4 is 23.4 Å². The molecule has 0 fully saturated rings. The van der Waals surface area contributed by atoms with E-state index < -0.39 is 6.04 Å². The fraction of sp³-hybridized carbons (Fsp3) is 0.355. The van der Waals surface area contributed by atoms with E-state index in [1.165, 1.54) is 0 Å². The molecule has 0 aliphatic heterocycles. The molecular weight excluding hydrogens is 484 g/mol. The van der Waals surface area contributed by atoms with Crippen LogP contribution in [-0.2, 0) is 22.6 Å². The molecule has 0 saturated carbocycles. The lowest BCUT2D eigenvalue weighted by Gasteiger charge is -2.32. The molecule has 196 valence electrons. The van der Waals surface area contributed by atoms with Gasteiger partial charge in [0.15, 0.2) is 0 Å². The number of halogens is 1. The number of ether oxygens (including phenoxy) is 1. The van der Waals surface area contributed by atoms with Gasteiger partial charge in [-0.25, -0.2) is 0 Å². The van der Waals surface area contributed by atoms with Crippen molar-refractivity contribution in [2.45, 2.75) is 52.6 Å². The van der Waals surface area contributed by atoms with Crippen LogP contribution in [0.1, 0.15) is 43.4 Å². The molecule has 1 N–H and O–H groups in total. The fourth-order valence-corrected chi connectivity index (χ4v) is 4.17. The molecule has 3 aromatic rings. The highest BCUT2D eigenvalue weighted by Gasteiger charge is 2.30. The summed E-state index contributed by atoms with van der Waals surface area (Å²) in [6.07, 6.45) is 1.22. The number of carbonyl (C=O) groups excluding carboxylic acids is 2. The first-order valence-electron chi connectivity index (χ1n) is 12.9. The Morgan fingerprint density at radius 2 is 1.62 bits per heavy atom. The summed E-state index contributed by atoms with van der Waals surface area (Å²) in [4.78, 5) is 28.8. The van der Waals surface area contributed by atoms with E-state index in [0.29, 0.717) is 36.9 Å². The third-order valence-electron chi connectivity index (χ3n) is 6.08. The van der Waals surface area contributed by atoms with Crippen LogP contribution in [0.3, 0.4) is 0 Å². The number of hydrogen-bond acceptors (Lipinski definition) is 3. The summed E-state index contributed by atoms with van der Waals surface area (Å²) < 4.78 is 5.83. The normalized spacial score (nSPS) is 11.7. The van der Waals surface area contributed by atoms with E-state index in [9.17, 15) is 9.59 Å². The number of amides is 2. The van der Waals surface area contributed by atoms with Gasteiger partial charge in [0, 0.05) is 31.0 Å². The Hall–Kier alpha value is -3.31. The highest BCUT2D eigenvalue weighted by atomic mass is 35.5. The Kier molecular flexibility index (Phi) is 11.0. The van der Waals surface area contributed by atoms with Gasteiger partial charge in [0.2, 0.25) is 11.8 Å². The first kappa shape index (κ1) is 28.3. The van der Waals surface area contributed by atoms with Crippen LogP contribution in [0.15, 0.2) is 78.9 Å². The zero-order valence-corrected chi connectivity index (χ0v) is 22.7. The van der Waals surface area contributed by atoms with Crippen LogP contribution in [0, 0.1) is 12.8 Å². The average molecular weight is 521 g/mol. The van der Waals surface area contributed by atoms with E-state index >= 15 is 0 Å². The number of hydrogen-bond donors (Lipinski definition) is 1. The van der Waals surface area contributed by atoms with E-state index in [1.807, 2.05) is 93.6 Å². The molecule has 3 rings (SSSR count). The second-order valence-electron chi connectivity index (χ2n) is 9.72. The van der Waals surface area contributed by atoms with Gasteiger partial charge in [0.25, 0.3) is 0 Å². The summed E-state index contributed by atoms with van der Waals surface area (Å²) >= 11 is 6.47. The first-order valence-corrected chi connectivity index (χ1v) is 13.2. The van der Waals surface area contributed by atoms with Crippen LogP contribution in [-0.4, -0.2) is 35.9 Å². The molecule has 0 saturated heterocycles. The summed E-state index contributed by atoms with van der Waals surface area (Å²) in [6.45, 7) is 7.34. The van der Waals surface area contributed by atoms with Crippen LogP contribution >= 0.6 is 11.6 Å². The van der Waals surface area contributed by atoms with Crippen LogP contribution in [0.5, 0.6) is 5.75 Å². The van der Waals surface area contributed by atoms with Gasteiger partial charge in [-0.3, -0.25) is 9.59 Å². The third kappa shape index (κ3) is 9.25. The lowest BCUT2D eigenvalue weighted by molar-refractivity contribution is -0.141. The molecule has 6 heteroatoms. The molecule has 1 atom stereocenters. The fourth-order valence-electron chi connectivity index (χ4n) is 3.98. The molecule has 3 aromatic carbocycles. The van der Waals surface area contributed by atoms with Crippen molar-refractivity contribution in [3.05, 3.63) is 101 Å². The maximum Gasteiger partial charge on any atom is 0.243 e. The Morgan fingerprint density at radius 3 is 2.30 bits per heavy atom. The monoisotopic (exact) mass is 520 g/mol. The molecule has 0 aromatic heterocycles. The van der Waals surface area contributed by atoms with Gasteiger partial charge in [-0.05, 0) is 48.6 Å². The minimum Gasteiger partial charge on any atom is -0.494 e. The van der Waals surface area contributed by atoms with Crippen molar-refractivity contribution in [2.75, 3.05) is 13.2 Å². The largest absolute Gasteiger partial charge is 0.494 e. The quantitative estimate of drug-likeness (QED) is 0.272. The molecule has 0 spiro atoms. The smallest absolute Gasteiger partial charge is 0.243 e. The highest BCUT2D eigenvalue weighted by Crippen LogP contribution is 2.21.